The molecule has 2 nitrogen and oxygen atoms in total. The van der Waals surface area contributed by atoms with Gasteiger partial charge in [0.15, 0.2) is 0 Å². The summed E-state index contributed by atoms with van der Waals surface area (Å²) in [5.41, 5.74) is 4.49. The molecule has 0 atom stereocenters. The normalized spacial score (nSPS) is 11.2. The molecule has 0 saturated carbocycles. The number of hydrogen-bond donors (Lipinski definition) is 0. The van der Waals surface area contributed by atoms with Gasteiger partial charge in [-0.15, -0.1) is 0 Å². The van der Waals surface area contributed by atoms with Crippen molar-refractivity contribution in [2.75, 3.05) is 6.61 Å². The topological polar surface area (TPSA) is 26.3 Å². The maximum Gasteiger partial charge on any atom is 0.333 e. The first-order chi connectivity index (χ1) is 13.2. The van der Waals surface area contributed by atoms with Gasteiger partial charge in [-0.1, -0.05) is 86.2 Å². The first kappa shape index (κ1) is 20.7. The quantitative estimate of drug-likeness (QED) is 0.263. The Morgan fingerprint density at radius 2 is 1.56 bits per heavy atom. The molecule has 0 aromatic heterocycles. The average molecular weight is 363 g/mol. The lowest BCUT2D eigenvalue weighted by molar-refractivity contribution is -0.139. The highest BCUT2D eigenvalue weighted by Crippen LogP contribution is 2.21. The van der Waals surface area contributed by atoms with Gasteiger partial charge in [0.25, 0.3) is 0 Å². The first-order valence-corrected chi connectivity index (χ1v) is 9.78. The minimum absolute atomic E-state index is 0.286. The molecule has 0 fully saturated rings. The van der Waals surface area contributed by atoms with Crippen LogP contribution in [0.1, 0.15) is 50.2 Å². The molecule has 0 spiro atoms. The molecule has 0 bridgehead atoms. The number of unbranched alkanes of at least 4 members (excludes halogenated alkanes) is 4. The van der Waals surface area contributed by atoms with Gasteiger partial charge in [-0.05, 0) is 49.3 Å². The highest BCUT2D eigenvalue weighted by atomic mass is 16.5. The standard InChI is InChI=1S/C25H30O2/c1-21(2)25(26)27-19-13-5-3-4-10-18-24(23-16-11-7-12-17-23)20-22-14-8-6-9-15-22/h6-9,11-12,14-18H,1,3-5,10,13,19-20H2,2H3. The third-order valence-corrected chi connectivity index (χ3v) is 4.45. The molecule has 2 rings (SSSR count). The van der Waals surface area contributed by atoms with E-state index in [9.17, 15) is 4.79 Å². The van der Waals surface area contributed by atoms with Crippen LogP contribution in [0.3, 0.4) is 0 Å². The maximum absolute atomic E-state index is 11.3. The SMILES string of the molecule is C=C(C)C(=O)OCCCCCCC=C(Cc1ccccc1)c1ccccc1. The van der Waals surface area contributed by atoms with Gasteiger partial charge in [-0.25, -0.2) is 4.79 Å². The number of hydrogen-bond acceptors (Lipinski definition) is 2. The van der Waals surface area contributed by atoms with Crippen molar-refractivity contribution < 1.29 is 9.53 Å². The lowest BCUT2D eigenvalue weighted by Gasteiger charge is -2.09. The number of carbonyl (C=O) groups excluding carboxylic acids is 1. The maximum atomic E-state index is 11.3. The van der Waals surface area contributed by atoms with E-state index in [0.29, 0.717) is 12.2 Å². The Kier molecular flexibility index (Phi) is 9.12. The molecule has 0 aliphatic carbocycles. The third kappa shape index (κ3) is 8.08. The molecule has 27 heavy (non-hydrogen) atoms. The van der Waals surface area contributed by atoms with Crippen LogP contribution >= 0.6 is 0 Å². The molecule has 2 heteroatoms. The first-order valence-electron chi connectivity index (χ1n) is 9.78. The molecule has 0 aliphatic heterocycles. The van der Waals surface area contributed by atoms with Crippen molar-refractivity contribution in [3.8, 4) is 0 Å². The Hall–Kier alpha value is -2.61. The van der Waals surface area contributed by atoms with Crippen LogP contribution in [0.5, 0.6) is 0 Å². The summed E-state index contributed by atoms with van der Waals surface area (Å²) in [6.45, 7) is 5.75. The fraction of sp³-hybridized carbons (Fsp3) is 0.320. The van der Waals surface area contributed by atoms with Gasteiger partial charge in [-0.3, -0.25) is 0 Å². The zero-order valence-corrected chi connectivity index (χ0v) is 16.3. The predicted octanol–water partition coefficient (Wildman–Crippen LogP) is 6.38. The summed E-state index contributed by atoms with van der Waals surface area (Å²) in [5.74, 6) is -0.286. The summed E-state index contributed by atoms with van der Waals surface area (Å²) in [7, 11) is 0. The fourth-order valence-electron chi connectivity index (χ4n) is 2.92. The number of ether oxygens (including phenoxy) is 1. The zero-order valence-electron chi connectivity index (χ0n) is 16.3. The number of rotatable bonds is 11. The second-order valence-electron chi connectivity index (χ2n) is 6.88. The Morgan fingerprint density at radius 3 is 2.22 bits per heavy atom. The monoisotopic (exact) mass is 362 g/mol. The van der Waals surface area contributed by atoms with Crippen molar-refractivity contribution in [2.24, 2.45) is 0 Å². The average Bonchev–Trinajstić information content (AvgIpc) is 2.70. The molecule has 0 heterocycles. The minimum Gasteiger partial charge on any atom is -0.462 e. The minimum atomic E-state index is -0.286. The molecular formula is C25H30O2. The van der Waals surface area contributed by atoms with Gasteiger partial charge in [0.1, 0.15) is 0 Å². The van der Waals surface area contributed by atoms with E-state index in [1.165, 1.54) is 16.7 Å². The van der Waals surface area contributed by atoms with E-state index in [2.05, 4.69) is 73.3 Å². The van der Waals surface area contributed by atoms with E-state index in [1.807, 2.05) is 0 Å². The van der Waals surface area contributed by atoms with Crippen molar-refractivity contribution in [1.82, 2.24) is 0 Å². The molecule has 142 valence electrons. The Bertz CT molecular complexity index is 729. The van der Waals surface area contributed by atoms with E-state index in [4.69, 9.17) is 4.74 Å². The molecule has 0 unspecified atom stereocenters. The van der Waals surface area contributed by atoms with E-state index in [1.54, 1.807) is 6.92 Å². The predicted molar refractivity (Wildman–Crippen MR) is 113 cm³/mol. The van der Waals surface area contributed by atoms with Gasteiger partial charge < -0.3 is 4.74 Å². The molecule has 2 aromatic rings. The number of allylic oxidation sites excluding steroid dienone is 2. The number of benzene rings is 2. The van der Waals surface area contributed by atoms with Crippen LogP contribution in [-0.4, -0.2) is 12.6 Å². The second-order valence-corrected chi connectivity index (χ2v) is 6.88. The molecule has 0 N–H and O–H groups in total. The third-order valence-electron chi connectivity index (χ3n) is 4.45. The summed E-state index contributed by atoms with van der Waals surface area (Å²) >= 11 is 0. The van der Waals surface area contributed by atoms with Gasteiger partial charge in [0.05, 0.1) is 6.61 Å². The summed E-state index contributed by atoms with van der Waals surface area (Å²) in [6.07, 6.45) is 8.71. The van der Waals surface area contributed by atoms with Crippen molar-refractivity contribution in [3.63, 3.8) is 0 Å². The number of carbonyl (C=O) groups is 1. The summed E-state index contributed by atoms with van der Waals surface area (Å²) in [4.78, 5) is 11.3. The van der Waals surface area contributed by atoms with Crippen LogP contribution in [0.2, 0.25) is 0 Å². The lowest BCUT2D eigenvalue weighted by atomic mass is 9.96. The Labute approximate surface area is 163 Å². The van der Waals surface area contributed by atoms with Gasteiger partial charge in [0.2, 0.25) is 0 Å². The summed E-state index contributed by atoms with van der Waals surface area (Å²) in [6, 6.07) is 21.2. The van der Waals surface area contributed by atoms with Crippen molar-refractivity contribution in [3.05, 3.63) is 90.0 Å². The van der Waals surface area contributed by atoms with E-state index < -0.39 is 0 Å². The van der Waals surface area contributed by atoms with Crippen LogP contribution in [0, 0.1) is 0 Å². The highest BCUT2D eigenvalue weighted by molar-refractivity contribution is 5.86. The van der Waals surface area contributed by atoms with E-state index >= 15 is 0 Å². The molecule has 0 amide bonds. The van der Waals surface area contributed by atoms with Crippen LogP contribution < -0.4 is 0 Å². The Morgan fingerprint density at radius 1 is 0.926 bits per heavy atom. The molecule has 0 saturated heterocycles. The highest BCUT2D eigenvalue weighted by Gasteiger charge is 2.04. The number of esters is 1. The van der Waals surface area contributed by atoms with Gasteiger partial charge in [0, 0.05) is 5.57 Å². The van der Waals surface area contributed by atoms with Gasteiger partial charge in [-0.2, -0.15) is 0 Å². The van der Waals surface area contributed by atoms with E-state index in [0.717, 1.165) is 38.5 Å². The lowest BCUT2D eigenvalue weighted by Crippen LogP contribution is -2.05. The second kappa shape index (κ2) is 11.9. The molecule has 2 aromatic carbocycles. The van der Waals surface area contributed by atoms with Crippen LogP contribution in [0.25, 0.3) is 5.57 Å². The van der Waals surface area contributed by atoms with Crippen molar-refractivity contribution >= 4 is 11.5 Å². The van der Waals surface area contributed by atoms with Gasteiger partial charge >= 0.3 is 5.97 Å². The Balaban J connectivity index is 1.78. The molecule has 0 aliphatic rings. The van der Waals surface area contributed by atoms with Crippen molar-refractivity contribution in [1.29, 1.82) is 0 Å². The summed E-state index contributed by atoms with van der Waals surface area (Å²) in [5, 5.41) is 0. The smallest absolute Gasteiger partial charge is 0.333 e. The molecular weight excluding hydrogens is 332 g/mol. The van der Waals surface area contributed by atoms with E-state index in [-0.39, 0.29) is 5.97 Å². The summed E-state index contributed by atoms with van der Waals surface area (Å²) < 4.78 is 5.12. The zero-order chi connectivity index (χ0) is 19.3. The fourth-order valence-corrected chi connectivity index (χ4v) is 2.92. The van der Waals surface area contributed by atoms with Crippen LogP contribution in [-0.2, 0) is 16.0 Å². The van der Waals surface area contributed by atoms with Crippen LogP contribution in [0.15, 0.2) is 78.9 Å². The van der Waals surface area contributed by atoms with Crippen molar-refractivity contribution in [2.45, 2.75) is 45.4 Å². The largest absolute Gasteiger partial charge is 0.462 e. The van der Waals surface area contributed by atoms with Crippen LogP contribution in [0.4, 0.5) is 0 Å². The molecule has 0 radical (unpaired) electrons.